The lowest BCUT2D eigenvalue weighted by Gasteiger charge is -2.25. The molecule has 5 rings (SSSR count). The Morgan fingerprint density at radius 1 is 0.962 bits per heavy atom. The summed E-state index contributed by atoms with van der Waals surface area (Å²) in [5, 5.41) is 4.09. The van der Waals surface area contributed by atoms with Gasteiger partial charge in [0.2, 0.25) is 0 Å². The lowest BCUT2D eigenvalue weighted by molar-refractivity contribution is 0.0164. The predicted octanol–water partition coefficient (Wildman–Crippen LogP) is 5.75. The second kappa shape index (κ2) is 5.98. The number of benzene rings is 3. The number of hydrogen-bond donors (Lipinski definition) is 0. The molecule has 2 nitrogen and oxygen atoms in total. The van der Waals surface area contributed by atoms with Gasteiger partial charge >= 0.3 is 5.97 Å². The van der Waals surface area contributed by atoms with Gasteiger partial charge in [0.05, 0.1) is 5.56 Å². The molecule has 1 saturated carbocycles. The van der Waals surface area contributed by atoms with Crippen LogP contribution in [0.15, 0.2) is 66.7 Å². The van der Waals surface area contributed by atoms with Crippen LogP contribution in [-0.2, 0) is 4.74 Å². The molecule has 0 N–H and O–H groups in total. The van der Waals surface area contributed by atoms with Gasteiger partial charge in [0.25, 0.3) is 0 Å². The van der Waals surface area contributed by atoms with Gasteiger partial charge in [-0.3, -0.25) is 0 Å². The van der Waals surface area contributed by atoms with Crippen LogP contribution in [0.1, 0.15) is 30.1 Å². The highest BCUT2D eigenvalue weighted by atomic mass is 16.5. The van der Waals surface area contributed by atoms with E-state index in [1.54, 1.807) is 0 Å². The second-order valence-corrected chi connectivity index (χ2v) is 7.75. The van der Waals surface area contributed by atoms with Crippen LogP contribution in [0.4, 0.5) is 0 Å². The fourth-order valence-corrected chi connectivity index (χ4v) is 4.91. The van der Waals surface area contributed by atoms with Gasteiger partial charge in [-0.2, -0.15) is 0 Å². The van der Waals surface area contributed by atoms with Crippen molar-refractivity contribution in [2.75, 3.05) is 0 Å². The molecule has 0 spiro atoms. The molecular formula is C24H22O2. The Balaban J connectivity index is 1.54. The molecule has 1 fully saturated rings. The molecule has 0 saturated heterocycles. The first-order chi connectivity index (χ1) is 12.7. The maximum atomic E-state index is 13.2. The fourth-order valence-electron chi connectivity index (χ4n) is 4.91. The first-order valence-electron chi connectivity index (χ1n) is 9.50. The Labute approximate surface area is 153 Å². The highest BCUT2D eigenvalue weighted by Gasteiger charge is 2.40. The molecule has 3 aromatic carbocycles. The van der Waals surface area contributed by atoms with Crippen LogP contribution < -0.4 is 0 Å². The summed E-state index contributed by atoms with van der Waals surface area (Å²) in [5.74, 6) is 1.52. The van der Waals surface area contributed by atoms with Crippen molar-refractivity contribution < 1.29 is 9.53 Å². The third kappa shape index (κ3) is 2.44. The number of ether oxygens (including phenoxy) is 1. The number of hydrogen-bond acceptors (Lipinski definition) is 2. The lowest BCUT2D eigenvalue weighted by atomic mass is 9.89. The van der Waals surface area contributed by atoms with Crippen molar-refractivity contribution in [3.05, 3.63) is 72.3 Å². The summed E-state index contributed by atoms with van der Waals surface area (Å²) in [6.07, 6.45) is 6.96. The number of rotatable bonds is 3. The van der Waals surface area contributed by atoms with Crippen LogP contribution in [0.3, 0.4) is 0 Å². The monoisotopic (exact) mass is 342 g/mol. The molecule has 0 amide bonds. The van der Waals surface area contributed by atoms with Crippen LogP contribution in [0, 0.1) is 17.8 Å². The third-order valence-electron chi connectivity index (χ3n) is 6.20. The number of carbonyl (C=O) groups excluding carboxylic acids is 1. The Morgan fingerprint density at radius 3 is 2.19 bits per heavy atom. The molecule has 3 aromatic rings. The minimum Gasteiger partial charge on any atom is -0.459 e. The molecule has 0 radical (unpaired) electrons. The molecule has 2 heteroatoms. The average molecular weight is 342 g/mol. The minimum atomic E-state index is -0.197. The number of esters is 1. The Hall–Kier alpha value is -2.61. The van der Waals surface area contributed by atoms with Crippen molar-refractivity contribution in [2.24, 2.45) is 17.8 Å². The molecule has 0 aliphatic heterocycles. The summed E-state index contributed by atoms with van der Waals surface area (Å²) in [6, 6.07) is 18.3. The van der Waals surface area contributed by atoms with Crippen molar-refractivity contribution in [3.8, 4) is 0 Å². The Morgan fingerprint density at radius 2 is 1.62 bits per heavy atom. The Bertz CT molecular complexity index is 979. The topological polar surface area (TPSA) is 26.3 Å². The van der Waals surface area contributed by atoms with Gasteiger partial charge in [0, 0.05) is 5.92 Å². The summed E-state index contributed by atoms with van der Waals surface area (Å²) in [4.78, 5) is 13.2. The zero-order chi connectivity index (χ0) is 17.7. The van der Waals surface area contributed by atoms with Crippen LogP contribution in [0.2, 0.25) is 0 Å². The summed E-state index contributed by atoms with van der Waals surface area (Å²) in [7, 11) is 0. The maximum absolute atomic E-state index is 13.2. The molecular weight excluding hydrogens is 320 g/mol. The molecule has 2 aliphatic rings. The minimum absolute atomic E-state index is 0.0554. The summed E-state index contributed by atoms with van der Waals surface area (Å²) in [6.45, 7) is 2.06. The van der Waals surface area contributed by atoms with Crippen molar-refractivity contribution in [2.45, 2.75) is 25.9 Å². The van der Waals surface area contributed by atoms with Crippen molar-refractivity contribution in [1.82, 2.24) is 0 Å². The average Bonchev–Trinajstić information content (AvgIpc) is 3.29. The predicted molar refractivity (Wildman–Crippen MR) is 105 cm³/mol. The first kappa shape index (κ1) is 15.6. The van der Waals surface area contributed by atoms with Crippen LogP contribution in [0.5, 0.6) is 0 Å². The normalized spacial score (nSPS) is 25.0. The van der Waals surface area contributed by atoms with E-state index in [0.717, 1.165) is 28.0 Å². The van der Waals surface area contributed by atoms with Crippen LogP contribution in [0.25, 0.3) is 21.5 Å². The van der Waals surface area contributed by atoms with Gasteiger partial charge in [0.15, 0.2) is 0 Å². The Kier molecular flexibility index (Phi) is 3.59. The van der Waals surface area contributed by atoms with Gasteiger partial charge in [-0.05, 0) is 59.2 Å². The molecule has 0 aromatic heterocycles. The zero-order valence-electron chi connectivity index (χ0n) is 14.9. The quantitative estimate of drug-likeness (QED) is 0.344. The highest BCUT2D eigenvalue weighted by Crippen LogP contribution is 2.45. The molecule has 0 heterocycles. The smallest absolute Gasteiger partial charge is 0.339 e. The van der Waals surface area contributed by atoms with Crippen molar-refractivity contribution in [3.63, 3.8) is 0 Å². The van der Waals surface area contributed by atoms with E-state index in [9.17, 15) is 4.79 Å². The van der Waals surface area contributed by atoms with Crippen molar-refractivity contribution >= 4 is 27.5 Å². The molecule has 4 atom stereocenters. The second-order valence-electron chi connectivity index (χ2n) is 7.75. The fraction of sp³-hybridized carbons (Fsp3) is 0.292. The molecule has 2 aliphatic carbocycles. The lowest BCUT2D eigenvalue weighted by Crippen LogP contribution is -2.27. The SMILES string of the molecule is CC(OC(=O)c1c2ccccc2cc2ccccc12)C1CC2C=CC1C2. The van der Waals surface area contributed by atoms with E-state index >= 15 is 0 Å². The molecule has 26 heavy (non-hydrogen) atoms. The van der Waals surface area contributed by atoms with Gasteiger partial charge in [-0.25, -0.2) is 4.79 Å². The standard InChI is InChI=1S/C24H22O2/c1-15(22-13-16-10-11-19(22)12-16)26-24(25)23-20-8-4-2-6-17(20)14-18-7-3-5-9-21(18)23/h2-11,14-16,19,22H,12-13H2,1H3. The largest absolute Gasteiger partial charge is 0.459 e. The van der Waals surface area contributed by atoms with Crippen LogP contribution >= 0.6 is 0 Å². The van der Waals surface area contributed by atoms with E-state index in [-0.39, 0.29) is 12.1 Å². The zero-order valence-corrected chi connectivity index (χ0v) is 14.9. The first-order valence-corrected chi connectivity index (χ1v) is 9.50. The van der Waals surface area contributed by atoms with E-state index in [1.807, 2.05) is 36.4 Å². The van der Waals surface area contributed by atoms with Crippen LogP contribution in [-0.4, -0.2) is 12.1 Å². The van der Waals surface area contributed by atoms with Gasteiger partial charge in [0.1, 0.15) is 6.10 Å². The third-order valence-corrected chi connectivity index (χ3v) is 6.20. The number of carbonyl (C=O) groups is 1. The van der Waals surface area contributed by atoms with Gasteiger partial charge in [-0.1, -0.05) is 60.7 Å². The van der Waals surface area contributed by atoms with Gasteiger partial charge in [-0.15, -0.1) is 0 Å². The summed E-state index contributed by atoms with van der Waals surface area (Å²) in [5.41, 5.74) is 0.698. The van der Waals surface area contributed by atoms with E-state index in [2.05, 4.69) is 37.3 Å². The summed E-state index contributed by atoms with van der Waals surface area (Å²) >= 11 is 0. The molecule has 4 unspecified atom stereocenters. The van der Waals surface area contributed by atoms with E-state index in [1.165, 1.54) is 6.42 Å². The van der Waals surface area contributed by atoms with Crippen molar-refractivity contribution in [1.29, 1.82) is 0 Å². The molecule has 130 valence electrons. The van der Waals surface area contributed by atoms with E-state index in [4.69, 9.17) is 4.74 Å². The number of fused-ring (bicyclic) bond motifs is 4. The van der Waals surface area contributed by atoms with E-state index in [0.29, 0.717) is 23.3 Å². The van der Waals surface area contributed by atoms with E-state index < -0.39 is 0 Å². The molecule has 2 bridgehead atoms. The van der Waals surface area contributed by atoms with Gasteiger partial charge < -0.3 is 4.74 Å². The summed E-state index contributed by atoms with van der Waals surface area (Å²) < 4.78 is 6.02. The number of allylic oxidation sites excluding steroid dienone is 2. The maximum Gasteiger partial charge on any atom is 0.339 e. The highest BCUT2D eigenvalue weighted by molar-refractivity contribution is 6.16.